The number of amides is 1. The Morgan fingerprint density at radius 2 is 2.29 bits per heavy atom. The normalized spacial score (nSPS) is 10.3. The van der Waals surface area contributed by atoms with E-state index in [0.29, 0.717) is 5.82 Å². The average Bonchev–Trinajstić information content (AvgIpc) is 2.70. The van der Waals surface area contributed by atoms with Crippen molar-refractivity contribution in [3.8, 4) is 0 Å². The van der Waals surface area contributed by atoms with Crippen LogP contribution in [0.5, 0.6) is 0 Å². The maximum atomic E-state index is 11.8. The lowest BCUT2D eigenvalue weighted by Gasteiger charge is -2.05. The minimum absolute atomic E-state index is 0.137. The smallest absolute Gasteiger partial charge is 0.295 e. The number of carbonyl (C=O) groups excluding carboxylic acids is 1. The molecule has 1 heterocycles. The van der Waals surface area contributed by atoms with Crippen molar-refractivity contribution in [3.63, 3.8) is 0 Å². The molecule has 88 valence electrons. The topological polar surface area (TPSA) is 70.7 Å². The van der Waals surface area contributed by atoms with Gasteiger partial charge >= 0.3 is 0 Å². The maximum absolute atomic E-state index is 11.8. The zero-order valence-electron chi connectivity index (χ0n) is 8.79. The molecule has 2 rings (SSSR count). The fourth-order valence-corrected chi connectivity index (χ4v) is 2.05. The summed E-state index contributed by atoms with van der Waals surface area (Å²) in [6.45, 7) is 1.74. The predicted octanol–water partition coefficient (Wildman–Crippen LogP) is 2.73. The molecule has 0 atom stereocenters. The molecular formula is C10H8BrIN4O. The number of aromatic amines is 1. The van der Waals surface area contributed by atoms with Crippen molar-refractivity contribution >= 4 is 50.1 Å². The van der Waals surface area contributed by atoms with Gasteiger partial charge in [-0.2, -0.15) is 0 Å². The van der Waals surface area contributed by atoms with Crippen LogP contribution in [0.4, 0.5) is 5.69 Å². The van der Waals surface area contributed by atoms with Gasteiger partial charge in [-0.25, -0.2) is 4.98 Å². The second kappa shape index (κ2) is 5.13. The van der Waals surface area contributed by atoms with Crippen molar-refractivity contribution in [1.29, 1.82) is 0 Å². The second-order valence-corrected chi connectivity index (χ2v) is 5.40. The first-order chi connectivity index (χ1) is 8.06. The number of hydrogen-bond donors (Lipinski definition) is 2. The van der Waals surface area contributed by atoms with Crippen LogP contribution >= 0.6 is 38.5 Å². The molecule has 0 aliphatic carbocycles. The van der Waals surface area contributed by atoms with Gasteiger partial charge < -0.3 is 5.32 Å². The highest BCUT2D eigenvalue weighted by Gasteiger charge is 2.12. The molecule has 5 nitrogen and oxygen atoms in total. The highest BCUT2D eigenvalue weighted by molar-refractivity contribution is 14.1. The Morgan fingerprint density at radius 1 is 1.53 bits per heavy atom. The molecule has 0 radical (unpaired) electrons. The summed E-state index contributed by atoms with van der Waals surface area (Å²) in [5.41, 5.74) is 0.729. The molecule has 17 heavy (non-hydrogen) atoms. The van der Waals surface area contributed by atoms with Gasteiger partial charge in [0.05, 0.1) is 5.69 Å². The number of halogens is 2. The Hall–Kier alpha value is -0.960. The second-order valence-electron chi connectivity index (χ2n) is 3.32. The van der Waals surface area contributed by atoms with E-state index in [9.17, 15) is 4.79 Å². The molecular weight excluding hydrogens is 399 g/mol. The third kappa shape index (κ3) is 3.03. The van der Waals surface area contributed by atoms with Crippen LogP contribution in [0.2, 0.25) is 0 Å². The van der Waals surface area contributed by atoms with Crippen molar-refractivity contribution in [2.24, 2.45) is 0 Å². The minimum atomic E-state index is -0.328. The largest absolute Gasteiger partial charge is 0.318 e. The Balaban J connectivity index is 2.21. The fourth-order valence-electron chi connectivity index (χ4n) is 1.22. The molecule has 7 heteroatoms. The zero-order valence-corrected chi connectivity index (χ0v) is 12.5. The lowest BCUT2D eigenvalue weighted by atomic mass is 10.3. The molecule has 1 aromatic heterocycles. The number of carbonyl (C=O) groups is 1. The fraction of sp³-hybridized carbons (Fsp3) is 0.100. The first kappa shape index (κ1) is 12.5. The maximum Gasteiger partial charge on any atom is 0.295 e. The van der Waals surface area contributed by atoms with Crippen LogP contribution in [0.15, 0.2) is 22.7 Å². The standard InChI is InChI=1S/C10H8BrIN4O/c1-5-13-9(16-15-5)10(17)14-8-4-6(11)2-3-7(8)12/h2-4H,1H3,(H,14,17)(H,13,15,16). The van der Waals surface area contributed by atoms with Crippen molar-refractivity contribution in [1.82, 2.24) is 15.2 Å². The third-order valence-electron chi connectivity index (χ3n) is 1.98. The lowest BCUT2D eigenvalue weighted by molar-refractivity contribution is 0.101. The molecule has 0 aliphatic heterocycles. The van der Waals surface area contributed by atoms with E-state index in [0.717, 1.165) is 13.7 Å². The van der Waals surface area contributed by atoms with Crippen LogP contribution in [0.3, 0.4) is 0 Å². The van der Waals surface area contributed by atoms with Crippen molar-refractivity contribution < 1.29 is 4.79 Å². The summed E-state index contributed by atoms with van der Waals surface area (Å²) in [4.78, 5) is 15.8. The number of nitrogens with one attached hydrogen (secondary N) is 2. The number of nitrogens with zero attached hydrogens (tertiary/aromatic N) is 2. The van der Waals surface area contributed by atoms with E-state index in [1.54, 1.807) is 6.92 Å². The van der Waals surface area contributed by atoms with Crippen LogP contribution in [-0.4, -0.2) is 21.1 Å². The Labute approximate surface area is 120 Å². The van der Waals surface area contributed by atoms with Crippen LogP contribution < -0.4 is 5.32 Å². The summed E-state index contributed by atoms with van der Waals surface area (Å²) < 4.78 is 1.85. The van der Waals surface area contributed by atoms with Crippen LogP contribution in [0, 0.1) is 10.5 Å². The average molecular weight is 407 g/mol. The monoisotopic (exact) mass is 406 g/mol. The highest BCUT2D eigenvalue weighted by Crippen LogP contribution is 2.23. The Kier molecular flexibility index (Phi) is 3.77. The lowest BCUT2D eigenvalue weighted by Crippen LogP contribution is -2.14. The number of aryl methyl sites for hydroxylation is 1. The first-order valence-electron chi connectivity index (χ1n) is 4.71. The van der Waals surface area contributed by atoms with Crippen LogP contribution in [-0.2, 0) is 0 Å². The van der Waals surface area contributed by atoms with Crippen molar-refractivity contribution in [2.75, 3.05) is 5.32 Å². The predicted molar refractivity (Wildman–Crippen MR) is 75.9 cm³/mol. The van der Waals surface area contributed by atoms with E-state index in [1.807, 2.05) is 18.2 Å². The highest BCUT2D eigenvalue weighted by atomic mass is 127. The van der Waals surface area contributed by atoms with Crippen molar-refractivity contribution in [2.45, 2.75) is 6.92 Å². The van der Waals surface area contributed by atoms with Gasteiger partial charge in [-0.05, 0) is 47.7 Å². The number of rotatable bonds is 2. The molecule has 0 saturated carbocycles. The molecule has 2 N–H and O–H groups in total. The summed E-state index contributed by atoms with van der Waals surface area (Å²) >= 11 is 5.51. The van der Waals surface area contributed by atoms with Gasteiger partial charge in [-0.3, -0.25) is 9.89 Å². The van der Waals surface area contributed by atoms with Gasteiger partial charge in [-0.15, -0.1) is 5.10 Å². The van der Waals surface area contributed by atoms with Crippen LogP contribution in [0.1, 0.15) is 16.4 Å². The number of benzene rings is 1. The molecule has 1 amide bonds. The van der Waals surface area contributed by atoms with Gasteiger partial charge in [0.15, 0.2) is 0 Å². The van der Waals surface area contributed by atoms with Crippen LogP contribution in [0.25, 0.3) is 0 Å². The number of anilines is 1. The molecule has 0 aliphatic rings. The summed E-state index contributed by atoms with van der Waals surface area (Å²) in [6.07, 6.45) is 0. The SMILES string of the molecule is Cc1nc(C(=O)Nc2cc(Br)ccc2I)n[nH]1. The van der Waals surface area contributed by atoms with Gasteiger partial charge in [0, 0.05) is 8.04 Å². The van der Waals surface area contributed by atoms with E-state index in [-0.39, 0.29) is 11.7 Å². The van der Waals surface area contributed by atoms with E-state index in [4.69, 9.17) is 0 Å². The number of H-pyrrole nitrogens is 1. The molecule has 0 unspecified atom stereocenters. The minimum Gasteiger partial charge on any atom is -0.318 e. The van der Waals surface area contributed by atoms with Gasteiger partial charge in [-0.1, -0.05) is 15.9 Å². The first-order valence-corrected chi connectivity index (χ1v) is 6.59. The van der Waals surface area contributed by atoms with E-state index < -0.39 is 0 Å². The Bertz CT molecular complexity index is 569. The summed E-state index contributed by atoms with van der Waals surface area (Å²) in [6, 6.07) is 5.65. The molecule has 0 saturated heterocycles. The molecule has 2 aromatic rings. The molecule has 1 aromatic carbocycles. The molecule has 0 fully saturated rings. The summed E-state index contributed by atoms with van der Waals surface area (Å²) in [5.74, 6) is 0.419. The summed E-state index contributed by atoms with van der Waals surface area (Å²) in [7, 11) is 0. The van der Waals surface area contributed by atoms with E-state index in [2.05, 4.69) is 59.0 Å². The zero-order chi connectivity index (χ0) is 12.4. The molecule has 0 bridgehead atoms. The number of aromatic nitrogens is 3. The quantitative estimate of drug-likeness (QED) is 0.753. The van der Waals surface area contributed by atoms with Gasteiger partial charge in [0.2, 0.25) is 5.82 Å². The Morgan fingerprint density at radius 3 is 2.94 bits per heavy atom. The van der Waals surface area contributed by atoms with Crippen molar-refractivity contribution in [3.05, 3.63) is 37.9 Å². The van der Waals surface area contributed by atoms with E-state index >= 15 is 0 Å². The summed E-state index contributed by atoms with van der Waals surface area (Å²) in [5, 5.41) is 9.19. The van der Waals surface area contributed by atoms with Gasteiger partial charge in [0.1, 0.15) is 5.82 Å². The third-order valence-corrected chi connectivity index (χ3v) is 3.41. The molecule has 0 spiro atoms. The number of hydrogen-bond acceptors (Lipinski definition) is 3. The van der Waals surface area contributed by atoms with Gasteiger partial charge in [0.25, 0.3) is 5.91 Å². The van der Waals surface area contributed by atoms with E-state index in [1.165, 1.54) is 0 Å².